The van der Waals surface area contributed by atoms with Crippen molar-refractivity contribution in [1.82, 2.24) is 5.32 Å². The maximum atomic E-state index is 13.0. The molecule has 1 fully saturated rings. The van der Waals surface area contributed by atoms with E-state index in [0.717, 1.165) is 14.9 Å². The van der Waals surface area contributed by atoms with Crippen molar-refractivity contribution in [3.05, 3.63) is 99.0 Å². The Morgan fingerprint density at radius 1 is 0.969 bits per heavy atom. The molecule has 3 aromatic carbocycles. The number of halogens is 2. The van der Waals surface area contributed by atoms with Gasteiger partial charge in [-0.1, -0.05) is 63.9 Å². The highest BCUT2D eigenvalue weighted by molar-refractivity contribution is 9.10. The number of nitrogens with one attached hydrogen (secondary N) is 1. The summed E-state index contributed by atoms with van der Waals surface area (Å²) < 4.78 is 6.81. The number of hydrogen-bond acceptors (Lipinski definition) is 4. The average Bonchev–Trinajstić information content (AvgIpc) is 2.78. The van der Waals surface area contributed by atoms with Crippen molar-refractivity contribution < 1.29 is 19.1 Å². The molecule has 0 unspecified atom stereocenters. The van der Waals surface area contributed by atoms with Crippen molar-refractivity contribution in [1.29, 1.82) is 0 Å². The summed E-state index contributed by atoms with van der Waals surface area (Å²) in [7, 11) is 0. The Balaban J connectivity index is 1.58. The van der Waals surface area contributed by atoms with Gasteiger partial charge in [-0.05, 0) is 53.6 Å². The quantitative estimate of drug-likeness (QED) is 0.370. The van der Waals surface area contributed by atoms with Gasteiger partial charge in [0, 0.05) is 4.47 Å². The summed E-state index contributed by atoms with van der Waals surface area (Å²) in [5.74, 6) is -0.956. The summed E-state index contributed by atoms with van der Waals surface area (Å²) in [6.07, 6.45) is 1.42. The number of carbonyl (C=O) groups excluding carboxylic acids is 3. The lowest BCUT2D eigenvalue weighted by atomic mass is 10.1. The first-order valence-electron chi connectivity index (χ1n) is 9.55. The highest BCUT2D eigenvalue weighted by Crippen LogP contribution is 2.29. The molecule has 0 bridgehead atoms. The third-order valence-electron chi connectivity index (χ3n) is 4.68. The van der Waals surface area contributed by atoms with Crippen LogP contribution in [0.15, 0.2) is 82.8 Å². The molecule has 8 heteroatoms. The number of benzene rings is 3. The van der Waals surface area contributed by atoms with Gasteiger partial charge in [0.25, 0.3) is 11.8 Å². The molecule has 1 heterocycles. The van der Waals surface area contributed by atoms with E-state index in [4.69, 9.17) is 16.3 Å². The number of para-hydroxylation sites is 1. The SMILES string of the molecule is O=C1NC(=O)N(c2ccccc2Cl)C(=O)/C1=C\c1cccc(OCc2ccc(Br)cc2)c1. The van der Waals surface area contributed by atoms with Gasteiger partial charge in [-0.15, -0.1) is 0 Å². The molecule has 0 radical (unpaired) electrons. The number of anilines is 1. The van der Waals surface area contributed by atoms with Crippen LogP contribution >= 0.6 is 27.5 Å². The van der Waals surface area contributed by atoms with Crippen LogP contribution in [0.3, 0.4) is 0 Å². The molecule has 4 amide bonds. The number of urea groups is 1. The van der Waals surface area contributed by atoms with E-state index in [0.29, 0.717) is 17.9 Å². The zero-order valence-corrected chi connectivity index (χ0v) is 18.9. The summed E-state index contributed by atoms with van der Waals surface area (Å²) in [6.45, 7) is 0.363. The lowest BCUT2D eigenvalue weighted by Crippen LogP contribution is -2.54. The second-order valence-electron chi connectivity index (χ2n) is 6.90. The molecular weight excluding hydrogens is 496 g/mol. The molecule has 0 atom stereocenters. The Bertz CT molecular complexity index is 1240. The van der Waals surface area contributed by atoms with Crippen molar-refractivity contribution in [3.63, 3.8) is 0 Å². The lowest BCUT2D eigenvalue weighted by molar-refractivity contribution is -0.122. The van der Waals surface area contributed by atoms with Gasteiger partial charge in [0.15, 0.2) is 0 Å². The topological polar surface area (TPSA) is 75.7 Å². The normalized spacial score (nSPS) is 15.1. The first kappa shape index (κ1) is 21.8. The van der Waals surface area contributed by atoms with Crippen LogP contribution in [0.1, 0.15) is 11.1 Å². The molecule has 160 valence electrons. The molecule has 1 N–H and O–H groups in total. The van der Waals surface area contributed by atoms with E-state index in [2.05, 4.69) is 21.2 Å². The average molecular weight is 512 g/mol. The number of barbiturate groups is 1. The van der Waals surface area contributed by atoms with Gasteiger partial charge in [-0.25, -0.2) is 9.69 Å². The predicted molar refractivity (Wildman–Crippen MR) is 125 cm³/mol. The second-order valence-corrected chi connectivity index (χ2v) is 8.22. The van der Waals surface area contributed by atoms with Crippen molar-refractivity contribution in [2.24, 2.45) is 0 Å². The third kappa shape index (κ3) is 4.74. The van der Waals surface area contributed by atoms with E-state index < -0.39 is 17.8 Å². The van der Waals surface area contributed by atoms with Gasteiger partial charge < -0.3 is 4.74 Å². The van der Waals surface area contributed by atoms with Crippen LogP contribution in [0.25, 0.3) is 6.08 Å². The van der Waals surface area contributed by atoms with Crippen LogP contribution in [0.4, 0.5) is 10.5 Å². The van der Waals surface area contributed by atoms with E-state index in [1.54, 1.807) is 42.5 Å². The number of ether oxygens (including phenoxy) is 1. The van der Waals surface area contributed by atoms with Gasteiger partial charge >= 0.3 is 6.03 Å². The summed E-state index contributed by atoms with van der Waals surface area (Å²) in [5, 5.41) is 2.40. The fraction of sp³-hybridized carbons (Fsp3) is 0.0417. The molecular formula is C24H16BrClN2O4. The number of carbonyl (C=O) groups is 3. The Kier molecular flexibility index (Phi) is 6.39. The van der Waals surface area contributed by atoms with Crippen LogP contribution < -0.4 is 15.0 Å². The van der Waals surface area contributed by atoms with Gasteiger partial charge in [0.05, 0.1) is 10.7 Å². The van der Waals surface area contributed by atoms with E-state index in [-0.39, 0.29) is 16.3 Å². The van der Waals surface area contributed by atoms with Gasteiger partial charge in [-0.3, -0.25) is 14.9 Å². The largest absolute Gasteiger partial charge is 0.489 e. The van der Waals surface area contributed by atoms with Crippen molar-refractivity contribution in [3.8, 4) is 5.75 Å². The van der Waals surface area contributed by atoms with Crippen molar-refractivity contribution in [2.45, 2.75) is 6.61 Å². The van der Waals surface area contributed by atoms with Gasteiger partial charge in [-0.2, -0.15) is 0 Å². The Morgan fingerprint density at radius 2 is 1.72 bits per heavy atom. The fourth-order valence-electron chi connectivity index (χ4n) is 3.12. The lowest BCUT2D eigenvalue weighted by Gasteiger charge is -2.27. The molecule has 3 aromatic rings. The van der Waals surface area contributed by atoms with E-state index >= 15 is 0 Å². The number of nitrogens with zero attached hydrogens (tertiary/aromatic N) is 1. The summed E-state index contributed by atoms with van der Waals surface area (Å²) in [4.78, 5) is 38.6. The van der Waals surface area contributed by atoms with E-state index in [9.17, 15) is 14.4 Å². The molecule has 0 saturated carbocycles. The first-order chi connectivity index (χ1) is 15.4. The highest BCUT2D eigenvalue weighted by Gasteiger charge is 2.37. The van der Waals surface area contributed by atoms with Crippen LogP contribution in [0.5, 0.6) is 5.75 Å². The molecule has 1 saturated heterocycles. The zero-order valence-electron chi connectivity index (χ0n) is 16.5. The standard InChI is InChI=1S/C24H16BrClN2O4/c25-17-10-8-15(9-11-17)14-32-18-5-3-4-16(12-18)13-19-22(29)27-24(31)28(23(19)30)21-7-2-1-6-20(21)26/h1-13H,14H2,(H,27,29,31)/b19-13-. The van der Waals surface area contributed by atoms with E-state index in [1.165, 1.54) is 12.1 Å². The smallest absolute Gasteiger partial charge is 0.335 e. The summed E-state index contributed by atoms with van der Waals surface area (Å²) in [5.41, 5.74) is 1.58. The van der Waals surface area contributed by atoms with Crippen LogP contribution in [-0.4, -0.2) is 17.8 Å². The molecule has 6 nitrogen and oxygen atoms in total. The molecule has 0 aliphatic carbocycles. The van der Waals surface area contributed by atoms with E-state index in [1.807, 2.05) is 24.3 Å². The van der Waals surface area contributed by atoms with Gasteiger partial charge in [0.2, 0.25) is 0 Å². The van der Waals surface area contributed by atoms with Crippen LogP contribution in [-0.2, 0) is 16.2 Å². The summed E-state index contributed by atoms with van der Waals surface area (Å²) >= 11 is 9.54. The second kappa shape index (κ2) is 9.38. The summed E-state index contributed by atoms with van der Waals surface area (Å²) in [6, 6.07) is 20.3. The molecule has 4 rings (SSSR count). The van der Waals surface area contributed by atoms with Gasteiger partial charge in [0.1, 0.15) is 17.9 Å². The van der Waals surface area contributed by atoms with Crippen molar-refractivity contribution in [2.75, 3.05) is 4.90 Å². The Labute approximate surface area is 197 Å². The maximum absolute atomic E-state index is 13.0. The Morgan fingerprint density at radius 3 is 2.47 bits per heavy atom. The predicted octanol–water partition coefficient (Wildman–Crippen LogP) is 5.35. The first-order valence-corrected chi connectivity index (χ1v) is 10.7. The molecule has 32 heavy (non-hydrogen) atoms. The minimum absolute atomic E-state index is 0.186. The monoisotopic (exact) mass is 510 g/mol. The number of amides is 4. The van der Waals surface area contributed by atoms with Crippen molar-refractivity contribution >= 4 is 57.1 Å². The Hall–Kier alpha value is -3.42. The molecule has 0 aromatic heterocycles. The highest BCUT2D eigenvalue weighted by atomic mass is 79.9. The number of imide groups is 2. The maximum Gasteiger partial charge on any atom is 0.335 e. The number of rotatable bonds is 5. The molecule has 0 spiro atoms. The minimum Gasteiger partial charge on any atom is -0.489 e. The fourth-order valence-corrected chi connectivity index (χ4v) is 3.60. The number of hydrogen-bond donors (Lipinski definition) is 1. The minimum atomic E-state index is -0.850. The van der Waals surface area contributed by atoms with Crippen LogP contribution in [0, 0.1) is 0 Å². The van der Waals surface area contributed by atoms with Crippen LogP contribution in [0.2, 0.25) is 5.02 Å². The molecule has 1 aliphatic rings. The molecule has 1 aliphatic heterocycles. The zero-order chi connectivity index (χ0) is 22.7. The third-order valence-corrected chi connectivity index (χ3v) is 5.53.